The second-order valence-corrected chi connectivity index (χ2v) is 8.45. The zero-order chi connectivity index (χ0) is 21.4. The molecule has 1 aromatic carbocycles. The highest BCUT2D eigenvalue weighted by molar-refractivity contribution is 5.97. The van der Waals surface area contributed by atoms with Crippen LogP contribution in [0.5, 0.6) is 0 Å². The Kier molecular flexibility index (Phi) is 8.24. The summed E-state index contributed by atoms with van der Waals surface area (Å²) in [7, 11) is 0. The molecule has 1 fully saturated rings. The molecule has 0 radical (unpaired) electrons. The van der Waals surface area contributed by atoms with E-state index in [0.717, 1.165) is 25.7 Å². The van der Waals surface area contributed by atoms with Crippen molar-refractivity contribution in [1.82, 2.24) is 10.8 Å². The van der Waals surface area contributed by atoms with Crippen LogP contribution in [0.4, 0.5) is 0 Å². The van der Waals surface area contributed by atoms with Crippen molar-refractivity contribution in [1.29, 1.82) is 0 Å². The predicted octanol–water partition coefficient (Wildman–Crippen LogP) is 3.35. The molecule has 29 heavy (non-hydrogen) atoms. The first-order chi connectivity index (χ1) is 13.7. The van der Waals surface area contributed by atoms with Crippen molar-refractivity contribution >= 4 is 11.8 Å². The number of hydrogen-bond donors (Lipinski definition) is 2. The van der Waals surface area contributed by atoms with E-state index in [1.54, 1.807) is 31.2 Å². The maximum atomic E-state index is 12.8. The Labute approximate surface area is 173 Å². The smallest absolute Gasteiger partial charge is 0.268 e. The first-order valence-electron chi connectivity index (χ1n) is 10.2. The van der Waals surface area contributed by atoms with Crippen LogP contribution in [0.2, 0.25) is 0 Å². The molecular formula is C23H32N2O4. The highest BCUT2D eigenvalue weighted by Gasteiger charge is 2.31. The molecule has 6 heteroatoms. The second kappa shape index (κ2) is 10.4. The number of carbonyl (C=O) groups is 2. The van der Waals surface area contributed by atoms with Crippen LogP contribution in [0.15, 0.2) is 24.3 Å². The highest BCUT2D eigenvalue weighted by atomic mass is 16.7. The minimum absolute atomic E-state index is 0.0131. The van der Waals surface area contributed by atoms with Crippen molar-refractivity contribution in [2.75, 3.05) is 0 Å². The summed E-state index contributed by atoms with van der Waals surface area (Å²) in [4.78, 5) is 31.1. The molecule has 158 valence electrons. The van der Waals surface area contributed by atoms with Gasteiger partial charge in [-0.05, 0) is 64.8 Å². The fraction of sp³-hybridized carbons (Fsp3) is 0.565. The lowest BCUT2D eigenvalue weighted by Crippen LogP contribution is -2.54. The van der Waals surface area contributed by atoms with Gasteiger partial charge in [-0.2, -0.15) is 0 Å². The lowest BCUT2D eigenvalue weighted by atomic mass is 9.98. The number of hydrogen-bond acceptors (Lipinski definition) is 4. The van der Waals surface area contributed by atoms with E-state index in [-0.39, 0.29) is 12.0 Å². The van der Waals surface area contributed by atoms with Crippen LogP contribution in [-0.2, 0) is 14.4 Å². The molecule has 0 saturated heterocycles. The molecule has 2 N–H and O–H groups in total. The predicted molar refractivity (Wildman–Crippen MR) is 112 cm³/mol. The Hall–Kier alpha value is -2.36. The number of ether oxygens (including phenoxy) is 1. The van der Waals surface area contributed by atoms with Crippen molar-refractivity contribution in [2.24, 2.45) is 0 Å². The highest BCUT2D eigenvalue weighted by Crippen LogP contribution is 2.20. The maximum Gasteiger partial charge on any atom is 0.268 e. The fourth-order valence-electron chi connectivity index (χ4n) is 3.35. The van der Waals surface area contributed by atoms with Crippen LogP contribution in [0.3, 0.4) is 0 Å². The average molecular weight is 401 g/mol. The van der Waals surface area contributed by atoms with Crippen molar-refractivity contribution in [3.63, 3.8) is 0 Å². The van der Waals surface area contributed by atoms with Gasteiger partial charge in [-0.1, -0.05) is 25.2 Å². The Balaban J connectivity index is 2.07. The molecule has 0 unspecified atom stereocenters. The molecule has 1 aliphatic carbocycles. The summed E-state index contributed by atoms with van der Waals surface area (Å²) in [6.45, 7) is 7.46. The van der Waals surface area contributed by atoms with Crippen molar-refractivity contribution < 1.29 is 19.2 Å². The third-order valence-corrected chi connectivity index (χ3v) is 4.77. The summed E-state index contributed by atoms with van der Waals surface area (Å²) in [5, 5.41) is 2.77. The first-order valence-corrected chi connectivity index (χ1v) is 10.2. The monoisotopic (exact) mass is 400 g/mol. The van der Waals surface area contributed by atoms with Gasteiger partial charge < -0.3 is 10.1 Å². The molecule has 1 aliphatic rings. The fourth-order valence-corrected chi connectivity index (χ4v) is 3.35. The molecule has 1 saturated carbocycles. The van der Waals surface area contributed by atoms with Gasteiger partial charge in [0.1, 0.15) is 6.04 Å². The Bertz CT molecular complexity index is 725. The zero-order valence-electron chi connectivity index (χ0n) is 17.8. The van der Waals surface area contributed by atoms with E-state index in [2.05, 4.69) is 16.7 Å². The third-order valence-electron chi connectivity index (χ3n) is 4.77. The number of nitrogens with one attached hydrogen (secondary N) is 2. The number of carbonyl (C=O) groups excluding carboxylic acids is 2. The van der Waals surface area contributed by atoms with Gasteiger partial charge in [0.25, 0.3) is 11.8 Å². The molecule has 0 aromatic heterocycles. The van der Waals surface area contributed by atoms with Gasteiger partial charge in [0, 0.05) is 11.1 Å². The van der Waals surface area contributed by atoms with Crippen LogP contribution in [0.25, 0.3) is 0 Å². The van der Waals surface area contributed by atoms with E-state index in [4.69, 9.17) is 16.0 Å². The van der Waals surface area contributed by atoms with Crippen molar-refractivity contribution in [3.8, 4) is 12.3 Å². The SMILES string of the molecule is C#Cc1ccc(C(=O)N[C@H](C(=O)NOC2CCCCC2)[C@@H](C)OC(C)(C)C)cc1. The molecule has 0 spiro atoms. The van der Waals surface area contributed by atoms with Gasteiger partial charge in [-0.15, -0.1) is 6.42 Å². The summed E-state index contributed by atoms with van der Waals surface area (Å²) in [6, 6.07) is 5.73. The van der Waals surface area contributed by atoms with Gasteiger partial charge in [-0.3, -0.25) is 14.4 Å². The Morgan fingerprint density at radius 3 is 2.31 bits per heavy atom. The van der Waals surface area contributed by atoms with E-state index >= 15 is 0 Å². The van der Waals surface area contributed by atoms with E-state index in [0.29, 0.717) is 11.1 Å². The Morgan fingerprint density at radius 2 is 1.76 bits per heavy atom. The number of benzene rings is 1. The molecule has 0 aliphatic heterocycles. The van der Waals surface area contributed by atoms with Gasteiger partial charge in [0.2, 0.25) is 0 Å². The van der Waals surface area contributed by atoms with Crippen LogP contribution < -0.4 is 10.8 Å². The summed E-state index contributed by atoms with van der Waals surface area (Å²) in [5.74, 6) is 1.70. The minimum atomic E-state index is -0.905. The van der Waals surface area contributed by atoms with Crippen LogP contribution in [0, 0.1) is 12.3 Å². The topological polar surface area (TPSA) is 76.7 Å². The Morgan fingerprint density at radius 1 is 1.14 bits per heavy atom. The summed E-state index contributed by atoms with van der Waals surface area (Å²) < 4.78 is 5.93. The largest absolute Gasteiger partial charge is 0.370 e. The lowest BCUT2D eigenvalue weighted by Gasteiger charge is -2.31. The number of amides is 2. The number of hydroxylamine groups is 1. The molecular weight excluding hydrogens is 368 g/mol. The standard InChI is InChI=1S/C23H32N2O4/c1-6-17-12-14-18(15-13-17)21(26)24-20(16(2)28-23(3,4)5)22(27)25-29-19-10-8-7-9-11-19/h1,12-16,19-20H,7-11H2,2-5H3,(H,24,26)(H,25,27)/t16-,20+/m1/s1. The minimum Gasteiger partial charge on any atom is -0.370 e. The summed E-state index contributed by atoms with van der Waals surface area (Å²) in [6.07, 6.45) is 10.0. The van der Waals surface area contributed by atoms with Gasteiger partial charge in [0.15, 0.2) is 0 Å². The normalized spacial score (nSPS) is 17.1. The van der Waals surface area contributed by atoms with Crippen LogP contribution >= 0.6 is 0 Å². The first kappa shape index (κ1) is 22.9. The second-order valence-electron chi connectivity index (χ2n) is 8.45. The van der Waals surface area contributed by atoms with Gasteiger partial charge >= 0.3 is 0 Å². The molecule has 2 rings (SSSR count). The lowest BCUT2D eigenvalue weighted by molar-refractivity contribution is -0.148. The molecule has 1 aromatic rings. The van der Waals surface area contributed by atoms with Gasteiger partial charge in [0.05, 0.1) is 17.8 Å². The van der Waals surface area contributed by atoms with E-state index in [9.17, 15) is 9.59 Å². The number of rotatable bonds is 7. The molecule has 2 amide bonds. The number of terminal acetylenes is 1. The maximum absolute atomic E-state index is 12.8. The molecule has 0 bridgehead atoms. The van der Waals surface area contributed by atoms with E-state index < -0.39 is 23.7 Å². The van der Waals surface area contributed by atoms with Crippen molar-refractivity contribution in [2.45, 2.75) is 83.6 Å². The molecule has 0 heterocycles. The van der Waals surface area contributed by atoms with E-state index in [1.165, 1.54) is 6.42 Å². The molecule has 2 atom stereocenters. The summed E-state index contributed by atoms with van der Waals surface area (Å²) >= 11 is 0. The van der Waals surface area contributed by atoms with Crippen LogP contribution in [-0.4, -0.2) is 35.7 Å². The van der Waals surface area contributed by atoms with Gasteiger partial charge in [-0.25, -0.2) is 5.48 Å². The average Bonchev–Trinajstić information content (AvgIpc) is 2.69. The van der Waals surface area contributed by atoms with Crippen LogP contribution in [0.1, 0.15) is 75.7 Å². The van der Waals surface area contributed by atoms with E-state index in [1.807, 2.05) is 20.8 Å². The van der Waals surface area contributed by atoms with Crippen molar-refractivity contribution in [3.05, 3.63) is 35.4 Å². The summed E-state index contributed by atoms with van der Waals surface area (Å²) in [5.41, 5.74) is 3.16. The zero-order valence-corrected chi connectivity index (χ0v) is 17.8. The quantitative estimate of drug-likeness (QED) is 0.544. The third kappa shape index (κ3) is 7.52. The molecule has 6 nitrogen and oxygen atoms in total.